The summed E-state index contributed by atoms with van der Waals surface area (Å²) in [6.07, 6.45) is -1.65. The molecule has 0 radical (unpaired) electrons. The minimum atomic E-state index is -0.978. The average Bonchev–Trinajstić information content (AvgIpc) is 2.45. The summed E-state index contributed by atoms with van der Waals surface area (Å²) in [6.45, 7) is 0. The highest BCUT2D eigenvalue weighted by molar-refractivity contribution is 6.28. The number of nitrogens with two attached hydrogens (primary N) is 1. The Bertz CT molecular complexity index is 642. The van der Waals surface area contributed by atoms with E-state index in [4.69, 9.17) is 22.1 Å². The van der Waals surface area contributed by atoms with Crippen LogP contribution in [0.25, 0.3) is 10.8 Å². The molecule has 0 unspecified atom stereocenters. The Morgan fingerprint density at radius 1 is 1.15 bits per heavy atom. The van der Waals surface area contributed by atoms with Gasteiger partial charge in [0.1, 0.15) is 0 Å². The largest absolute Gasteiger partial charge is 0.438 e. The van der Waals surface area contributed by atoms with Gasteiger partial charge >= 0.3 is 6.09 Å². The van der Waals surface area contributed by atoms with Crippen LogP contribution in [0.4, 0.5) is 4.79 Å². The summed E-state index contributed by atoms with van der Waals surface area (Å²) in [5.41, 5.74) is 5.86. The predicted molar refractivity (Wildman–Crippen MR) is 77.8 cm³/mol. The molecular formula is C15H14ClNO3. The second kappa shape index (κ2) is 6.39. The number of primary amides is 1. The highest BCUT2D eigenvalue weighted by atomic mass is 35.5. The number of benzene rings is 2. The maximum atomic E-state index is 11.7. The molecule has 2 N–H and O–H groups in total. The second-order valence-electron chi connectivity index (χ2n) is 4.41. The van der Waals surface area contributed by atoms with E-state index < -0.39 is 12.2 Å². The van der Waals surface area contributed by atoms with Crippen molar-refractivity contribution in [2.24, 2.45) is 5.73 Å². The number of amides is 1. The van der Waals surface area contributed by atoms with Crippen molar-refractivity contribution < 1.29 is 14.3 Å². The Balaban J connectivity index is 2.23. The van der Waals surface area contributed by atoms with Crippen molar-refractivity contribution >= 4 is 34.2 Å². The summed E-state index contributed by atoms with van der Waals surface area (Å²) in [6, 6.07) is 13.7. The third-order valence-electron chi connectivity index (χ3n) is 2.98. The lowest BCUT2D eigenvalue weighted by Gasteiger charge is -2.14. The standard InChI is InChI=1S/C15H14ClNO3/c16-9-13(18)14(20-15(17)19)8-10-5-6-11-3-1-2-4-12(11)7-10/h1-7,14H,8-9H2,(H2,17,19)/t14-/m0/s1. The average molecular weight is 292 g/mol. The molecule has 0 bridgehead atoms. The Kier molecular flexibility index (Phi) is 4.58. The highest BCUT2D eigenvalue weighted by Gasteiger charge is 2.21. The lowest BCUT2D eigenvalue weighted by atomic mass is 10.0. The van der Waals surface area contributed by atoms with Crippen LogP contribution in [0.1, 0.15) is 5.56 Å². The highest BCUT2D eigenvalue weighted by Crippen LogP contribution is 2.17. The number of carbonyl (C=O) groups excluding carboxylic acids is 2. The van der Waals surface area contributed by atoms with Crippen LogP contribution >= 0.6 is 11.6 Å². The van der Waals surface area contributed by atoms with Crippen LogP contribution in [-0.4, -0.2) is 23.9 Å². The summed E-state index contributed by atoms with van der Waals surface area (Å²) < 4.78 is 4.82. The molecule has 0 aliphatic rings. The van der Waals surface area contributed by atoms with E-state index in [1.54, 1.807) is 0 Å². The summed E-state index contributed by atoms with van der Waals surface area (Å²) in [4.78, 5) is 22.5. The number of rotatable bonds is 5. The molecule has 0 spiro atoms. The first kappa shape index (κ1) is 14.3. The first-order valence-corrected chi connectivity index (χ1v) is 6.66. The molecule has 1 atom stereocenters. The predicted octanol–water partition coefficient (Wildman–Crippen LogP) is 2.65. The first-order chi connectivity index (χ1) is 9.60. The smallest absolute Gasteiger partial charge is 0.405 e. The molecule has 4 nitrogen and oxygen atoms in total. The van der Waals surface area contributed by atoms with Gasteiger partial charge in [0.2, 0.25) is 0 Å². The fourth-order valence-corrected chi connectivity index (χ4v) is 2.20. The van der Waals surface area contributed by atoms with Crippen LogP contribution in [0.5, 0.6) is 0 Å². The van der Waals surface area contributed by atoms with Crippen molar-refractivity contribution in [1.82, 2.24) is 0 Å². The number of hydrogen-bond acceptors (Lipinski definition) is 3. The number of hydrogen-bond donors (Lipinski definition) is 1. The van der Waals surface area contributed by atoms with E-state index in [1.807, 2.05) is 42.5 Å². The molecule has 2 aromatic carbocycles. The SMILES string of the molecule is NC(=O)O[C@@H](Cc1ccc2ccccc2c1)C(=O)CCl. The van der Waals surface area contributed by atoms with Gasteiger partial charge in [-0.1, -0.05) is 42.5 Å². The molecule has 0 saturated carbocycles. The molecule has 20 heavy (non-hydrogen) atoms. The molecule has 0 saturated heterocycles. The summed E-state index contributed by atoms with van der Waals surface area (Å²) in [7, 11) is 0. The maximum absolute atomic E-state index is 11.7. The number of halogens is 1. The number of alkyl halides is 1. The van der Waals surface area contributed by atoms with Gasteiger partial charge in [0.15, 0.2) is 11.9 Å². The van der Waals surface area contributed by atoms with Gasteiger partial charge in [-0.25, -0.2) is 4.79 Å². The molecule has 1 amide bonds. The topological polar surface area (TPSA) is 69.4 Å². The fourth-order valence-electron chi connectivity index (χ4n) is 2.03. The lowest BCUT2D eigenvalue weighted by molar-refractivity contribution is -0.124. The van der Waals surface area contributed by atoms with E-state index in [2.05, 4.69) is 0 Å². The Morgan fingerprint density at radius 3 is 2.50 bits per heavy atom. The zero-order valence-corrected chi connectivity index (χ0v) is 11.5. The summed E-state index contributed by atoms with van der Waals surface area (Å²) >= 11 is 5.51. The fraction of sp³-hybridized carbons (Fsp3) is 0.200. The van der Waals surface area contributed by atoms with E-state index in [0.717, 1.165) is 16.3 Å². The zero-order chi connectivity index (χ0) is 14.5. The van der Waals surface area contributed by atoms with Gasteiger partial charge in [-0.2, -0.15) is 0 Å². The molecule has 5 heteroatoms. The van der Waals surface area contributed by atoms with Crippen molar-refractivity contribution in [1.29, 1.82) is 0 Å². The van der Waals surface area contributed by atoms with Crippen LogP contribution in [0.2, 0.25) is 0 Å². The van der Waals surface area contributed by atoms with Gasteiger partial charge in [-0.05, 0) is 16.3 Å². The molecule has 0 heterocycles. The molecule has 0 aliphatic heterocycles. The van der Waals surface area contributed by atoms with Gasteiger partial charge in [0.05, 0.1) is 5.88 Å². The summed E-state index contributed by atoms with van der Waals surface area (Å²) in [5.74, 6) is -0.579. The van der Waals surface area contributed by atoms with Crippen molar-refractivity contribution in [3.63, 3.8) is 0 Å². The van der Waals surface area contributed by atoms with Gasteiger partial charge < -0.3 is 10.5 Å². The van der Waals surface area contributed by atoms with E-state index >= 15 is 0 Å². The van der Waals surface area contributed by atoms with Crippen LogP contribution in [0.3, 0.4) is 0 Å². The molecule has 0 fully saturated rings. The second-order valence-corrected chi connectivity index (χ2v) is 4.68. The Morgan fingerprint density at radius 2 is 1.85 bits per heavy atom. The molecule has 104 valence electrons. The Hall–Kier alpha value is -2.07. The molecule has 2 aromatic rings. The number of carbonyl (C=O) groups is 2. The van der Waals surface area contributed by atoms with Crippen molar-refractivity contribution in [2.75, 3.05) is 5.88 Å². The molecular weight excluding hydrogens is 278 g/mol. The third-order valence-corrected chi connectivity index (χ3v) is 3.25. The van der Waals surface area contributed by atoms with Crippen LogP contribution in [0.15, 0.2) is 42.5 Å². The molecule has 0 aromatic heterocycles. The Labute approximate surface area is 121 Å². The maximum Gasteiger partial charge on any atom is 0.405 e. The lowest BCUT2D eigenvalue weighted by Crippen LogP contribution is -2.32. The molecule has 0 aliphatic carbocycles. The van der Waals surface area contributed by atoms with E-state index in [9.17, 15) is 9.59 Å². The number of fused-ring (bicyclic) bond motifs is 1. The first-order valence-electron chi connectivity index (χ1n) is 6.12. The van der Waals surface area contributed by atoms with Gasteiger partial charge in [-0.3, -0.25) is 4.79 Å². The normalized spacial score (nSPS) is 12.1. The minimum Gasteiger partial charge on any atom is -0.438 e. The number of Topliss-reactive ketones (excluding diaryl/α,β-unsaturated/α-hetero) is 1. The van der Waals surface area contributed by atoms with Gasteiger partial charge in [-0.15, -0.1) is 11.6 Å². The van der Waals surface area contributed by atoms with Crippen LogP contribution < -0.4 is 5.73 Å². The van der Waals surface area contributed by atoms with Crippen LogP contribution in [-0.2, 0) is 16.0 Å². The quantitative estimate of drug-likeness (QED) is 0.861. The van der Waals surface area contributed by atoms with Crippen molar-refractivity contribution in [2.45, 2.75) is 12.5 Å². The van der Waals surface area contributed by atoms with Crippen molar-refractivity contribution in [3.8, 4) is 0 Å². The van der Waals surface area contributed by atoms with E-state index in [-0.39, 0.29) is 18.1 Å². The zero-order valence-electron chi connectivity index (χ0n) is 10.7. The van der Waals surface area contributed by atoms with Gasteiger partial charge in [0.25, 0.3) is 0 Å². The summed E-state index contributed by atoms with van der Waals surface area (Å²) in [5, 5.41) is 2.16. The van der Waals surface area contributed by atoms with Gasteiger partial charge in [0, 0.05) is 6.42 Å². The number of ketones is 1. The minimum absolute atomic E-state index is 0.217. The monoisotopic (exact) mass is 291 g/mol. The van der Waals surface area contributed by atoms with E-state index in [0.29, 0.717) is 0 Å². The molecule has 2 rings (SSSR count). The number of ether oxygens (including phenoxy) is 1. The third kappa shape index (κ3) is 3.48. The van der Waals surface area contributed by atoms with Crippen molar-refractivity contribution in [3.05, 3.63) is 48.0 Å². The van der Waals surface area contributed by atoms with E-state index in [1.165, 1.54) is 0 Å². The van der Waals surface area contributed by atoms with Crippen LogP contribution in [0, 0.1) is 0 Å².